The Labute approximate surface area is 201 Å². The van der Waals surface area contributed by atoms with Crippen LogP contribution in [0.4, 0.5) is 18.0 Å². The number of alkyl halides is 3. The zero-order valence-corrected chi connectivity index (χ0v) is 19.8. The van der Waals surface area contributed by atoms with Crippen LogP contribution in [0.1, 0.15) is 29.2 Å². The van der Waals surface area contributed by atoms with Gasteiger partial charge in [-0.25, -0.2) is 4.79 Å². The lowest BCUT2D eigenvalue weighted by Crippen LogP contribution is -2.31. The van der Waals surface area contributed by atoms with Crippen LogP contribution in [-0.2, 0) is 11.2 Å². The summed E-state index contributed by atoms with van der Waals surface area (Å²) in [5.74, 6) is -0.840. The molecular weight excluding hydrogens is 475 g/mol. The number of hydrogen-bond acceptors (Lipinski definition) is 5. The third-order valence-electron chi connectivity index (χ3n) is 4.93. The molecule has 1 heterocycles. The Hall–Kier alpha value is -2.98. The molecule has 0 aliphatic carbocycles. The number of amides is 2. The van der Waals surface area contributed by atoms with Gasteiger partial charge in [0.25, 0.3) is 0 Å². The normalized spacial score (nSPS) is 14.9. The molecule has 11 heteroatoms. The zero-order valence-electron chi connectivity index (χ0n) is 19.0. The van der Waals surface area contributed by atoms with Crippen molar-refractivity contribution in [3.05, 3.63) is 58.1 Å². The monoisotopic (exact) mass is 501 g/mol. The van der Waals surface area contributed by atoms with E-state index in [9.17, 15) is 18.0 Å². The Morgan fingerprint density at radius 3 is 2.41 bits per heavy atom. The Morgan fingerprint density at radius 1 is 1.18 bits per heavy atom. The molecule has 0 saturated heterocycles. The summed E-state index contributed by atoms with van der Waals surface area (Å²) < 4.78 is 43.4. The molecule has 186 valence electrons. The number of nitrogens with one attached hydrogen (secondary N) is 1. The minimum absolute atomic E-state index is 0.223. The number of carbonyl (C=O) groups excluding carboxylic acids is 2. The van der Waals surface area contributed by atoms with Crippen LogP contribution in [0.15, 0.2) is 36.4 Å². The summed E-state index contributed by atoms with van der Waals surface area (Å²) in [4.78, 5) is 22.3. The maximum absolute atomic E-state index is 11.7. The summed E-state index contributed by atoms with van der Waals surface area (Å²) in [5, 5.41) is 4.29. The third kappa shape index (κ3) is 8.11. The second-order valence-electron chi connectivity index (χ2n) is 7.79. The van der Waals surface area contributed by atoms with Crippen LogP contribution < -0.4 is 20.5 Å². The quantitative estimate of drug-likeness (QED) is 0.633. The Balaban J connectivity index is 0.000000509. The predicted molar refractivity (Wildman–Crippen MR) is 122 cm³/mol. The van der Waals surface area contributed by atoms with Crippen LogP contribution in [0, 0.1) is 6.92 Å². The predicted octanol–water partition coefficient (Wildman–Crippen LogP) is 4.40. The van der Waals surface area contributed by atoms with Gasteiger partial charge in [-0.15, -0.1) is 0 Å². The molecule has 0 spiro atoms. The van der Waals surface area contributed by atoms with Crippen molar-refractivity contribution in [1.29, 1.82) is 0 Å². The number of hydrogen-bond donors (Lipinski definition) is 2. The highest BCUT2D eigenvalue weighted by Gasteiger charge is 2.35. The summed E-state index contributed by atoms with van der Waals surface area (Å²) in [7, 11) is 3.34. The molecule has 0 bridgehead atoms. The second kappa shape index (κ2) is 11.9. The van der Waals surface area contributed by atoms with Gasteiger partial charge in [0.05, 0.1) is 6.61 Å². The van der Waals surface area contributed by atoms with Gasteiger partial charge in [-0.1, -0.05) is 17.7 Å². The van der Waals surface area contributed by atoms with Gasteiger partial charge in [0.2, 0.25) is 0 Å². The molecule has 0 radical (unpaired) electrons. The average molecular weight is 502 g/mol. The van der Waals surface area contributed by atoms with Crippen LogP contribution in [0.3, 0.4) is 0 Å². The van der Waals surface area contributed by atoms with Crippen LogP contribution in [0.25, 0.3) is 0 Å². The summed E-state index contributed by atoms with van der Waals surface area (Å²) in [6, 6.07) is 11.8. The first-order chi connectivity index (χ1) is 15.9. The van der Waals surface area contributed by atoms with Crippen LogP contribution in [-0.4, -0.2) is 50.3 Å². The van der Waals surface area contributed by atoms with Crippen molar-refractivity contribution in [2.24, 2.45) is 5.73 Å². The maximum atomic E-state index is 11.7. The molecule has 0 aromatic heterocycles. The molecule has 1 atom stereocenters. The van der Waals surface area contributed by atoms with Crippen LogP contribution in [0.5, 0.6) is 11.5 Å². The molecule has 34 heavy (non-hydrogen) atoms. The SMILES string of the molecule is Cc1cc(OCC[C@H]2NCCc3cc(OC(=O)N(C)C)ccc32)ccc1Cl.NC(=O)C(F)(F)F. The number of nitrogens with two attached hydrogens (primary N) is 1. The van der Waals surface area contributed by atoms with Gasteiger partial charge in [-0.3, -0.25) is 4.79 Å². The molecule has 1 aliphatic heterocycles. The Kier molecular flexibility index (Phi) is 9.57. The molecule has 0 unspecified atom stereocenters. The van der Waals surface area contributed by atoms with E-state index >= 15 is 0 Å². The van der Waals surface area contributed by atoms with Crippen molar-refractivity contribution < 1.29 is 32.2 Å². The number of rotatable bonds is 5. The highest BCUT2D eigenvalue weighted by molar-refractivity contribution is 6.31. The van der Waals surface area contributed by atoms with Gasteiger partial charge in [0.15, 0.2) is 0 Å². The number of primary amides is 1. The van der Waals surface area contributed by atoms with Crippen molar-refractivity contribution in [3.63, 3.8) is 0 Å². The summed E-state index contributed by atoms with van der Waals surface area (Å²) >= 11 is 6.05. The fourth-order valence-electron chi connectivity index (χ4n) is 3.14. The van der Waals surface area contributed by atoms with Crippen molar-refractivity contribution >= 4 is 23.6 Å². The van der Waals surface area contributed by atoms with Gasteiger partial charge in [0.1, 0.15) is 11.5 Å². The average Bonchev–Trinajstić information content (AvgIpc) is 2.76. The molecule has 3 N–H and O–H groups in total. The van der Waals surface area contributed by atoms with Gasteiger partial charge in [0, 0.05) is 31.6 Å². The first kappa shape index (κ1) is 27.3. The van der Waals surface area contributed by atoms with Crippen molar-refractivity contribution in [2.45, 2.75) is 32.0 Å². The largest absolute Gasteiger partial charge is 0.494 e. The van der Waals surface area contributed by atoms with Crippen LogP contribution in [0.2, 0.25) is 5.02 Å². The highest BCUT2D eigenvalue weighted by atomic mass is 35.5. The number of halogens is 4. The number of aryl methyl sites for hydroxylation is 1. The second-order valence-corrected chi connectivity index (χ2v) is 8.20. The smallest absolute Gasteiger partial charge is 0.470 e. The number of benzene rings is 2. The summed E-state index contributed by atoms with van der Waals surface area (Å²) in [6.45, 7) is 3.47. The van der Waals surface area contributed by atoms with E-state index in [1.807, 2.05) is 43.3 Å². The number of ether oxygens (including phenoxy) is 2. The first-order valence-electron chi connectivity index (χ1n) is 10.4. The van der Waals surface area contributed by atoms with E-state index in [4.69, 9.17) is 25.9 Å². The Morgan fingerprint density at radius 2 is 1.82 bits per heavy atom. The van der Waals surface area contributed by atoms with Gasteiger partial charge in [-0.2, -0.15) is 13.2 Å². The van der Waals surface area contributed by atoms with Gasteiger partial charge in [-0.05, 0) is 66.9 Å². The standard InChI is InChI=1S/C21H25ClN2O3.C2H2F3NO/c1-14-12-16(5-7-19(14)22)26-11-9-20-18-6-4-17(27-21(25)24(2)3)13-15(18)8-10-23-20;3-2(4,5)1(6)7/h4-7,12-13,20,23H,8-11H2,1-3H3;(H2,6,7)/t20-;/m1./s1. The van der Waals surface area contributed by atoms with Crippen molar-refractivity contribution in [1.82, 2.24) is 10.2 Å². The fourth-order valence-corrected chi connectivity index (χ4v) is 3.26. The fraction of sp³-hybridized carbons (Fsp3) is 0.391. The lowest BCUT2D eigenvalue weighted by Gasteiger charge is -2.27. The van der Waals surface area contributed by atoms with E-state index in [1.54, 1.807) is 14.1 Å². The summed E-state index contributed by atoms with van der Waals surface area (Å²) in [6.07, 6.45) is -3.46. The first-order valence-corrected chi connectivity index (χ1v) is 10.8. The molecule has 1 aliphatic rings. The minimum Gasteiger partial charge on any atom is -0.494 e. The molecule has 3 rings (SSSR count). The molecule has 0 fully saturated rings. The Bertz CT molecular complexity index is 1020. The van der Waals surface area contributed by atoms with E-state index in [1.165, 1.54) is 16.0 Å². The zero-order chi connectivity index (χ0) is 25.5. The molecule has 7 nitrogen and oxygen atoms in total. The van der Waals surface area contributed by atoms with E-state index in [0.717, 1.165) is 35.7 Å². The van der Waals surface area contributed by atoms with E-state index in [-0.39, 0.29) is 12.1 Å². The number of fused-ring (bicyclic) bond motifs is 1. The third-order valence-corrected chi connectivity index (χ3v) is 5.35. The molecule has 2 aromatic rings. The maximum Gasteiger partial charge on any atom is 0.470 e. The van der Waals surface area contributed by atoms with Crippen molar-refractivity contribution in [3.8, 4) is 11.5 Å². The lowest BCUT2D eigenvalue weighted by atomic mass is 9.92. The molecule has 2 aromatic carbocycles. The molecular formula is C23H27ClF3N3O4. The summed E-state index contributed by atoms with van der Waals surface area (Å²) in [5.41, 5.74) is 7.27. The van der Waals surface area contributed by atoms with Gasteiger partial charge < -0.3 is 25.4 Å². The van der Waals surface area contributed by atoms with Gasteiger partial charge >= 0.3 is 18.2 Å². The van der Waals surface area contributed by atoms with E-state index < -0.39 is 12.1 Å². The molecule has 2 amide bonds. The topological polar surface area (TPSA) is 93.9 Å². The number of nitrogens with zero attached hydrogens (tertiary/aromatic N) is 1. The van der Waals surface area contributed by atoms with Crippen molar-refractivity contribution in [2.75, 3.05) is 27.2 Å². The highest BCUT2D eigenvalue weighted by Crippen LogP contribution is 2.29. The van der Waals surface area contributed by atoms with E-state index in [0.29, 0.717) is 12.4 Å². The lowest BCUT2D eigenvalue weighted by molar-refractivity contribution is -0.169. The number of carbonyl (C=O) groups is 2. The van der Waals surface area contributed by atoms with Crippen LogP contribution >= 0.6 is 11.6 Å². The molecule has 0 saturated carbocycles. The minimum atomic E-state index is -4.86. The van der Waals surface area contributed by atoms with E-state index in [2.05, 4.69) is 11.1 Å².